The molecule has 2 aromatic carbocycles. The van der Waals surface area contributed by atoms with E-state index in [9.17, 15) is 4.79 Å². The maximum Gasteiger partial charge on any atom is 0.277 e. The first kappa shape index (κ1) is 18.9. The minimum Gasteiger partial charge on any atom is -0.368 e. The molecule has 1 saturated heterocycles. The number of para-hydroxylation sites is 3. The molecule has 0 saturated carbocycles. The number of amides is 1. The lowest BCUT2D eigenvalue weighted by Crippen LogP contribution is -2.46. The number of aromatic nitrogens is 4. The van der Waals surface area contributed by atoms with Gasteiger partial charge in [0, 0.05) is 37.9 Å². The second-order valence-electron chi connectivity index (χ2n) is 7.27. The van der Waals surface area contributed by atoms with Crippen molar-refractivity contribution in [3.05, 3.63) is 78.9 Å². The molecule has 1 amide bonds. The molecule has 4 aromatic rings. The molecule has 1 fully saturated rings. The van der Waals surface area contributed by atoms with Gasteiger partial charge >= 0.3 is 0 Å². The first-order chi connectivity index (χ1) is 15.3. The van der Waals surface area contributed by atoms with Crippen molar-refractivity contribution in [2.24, 2.45) is 0 Å². The van der Waals surface area contributed by atoms with Crippen LogP contribution in [0.4, 0.5) is 17.3 Å². The Kier molecular flexibility index (Phi) is 5.10. The summed E-state index contributed by atoms with van der Waals surface area (Å²) in [5, 5.41) is 2.81. The van der Waals surface area contributed by atoms with Crippen molar-refractivity contribution in [3.8, 4) is 0 Å². The van der Waals surface area contributed by atoms with Crippen LogP contribution in [0.2, 0.25) is 0 Å². The summed E-state index contributed by atoms with van der Waals surface area (Å²) >= 11 is 0. The molecule has 5 rings (SSSR count). The van der Waals surface area contributed by atoms with Crippen LogP contribution >= 0.6 is 0 Å². The fourth-order valence-electron chi connectivity index (χ4n) is 3.67. The molecular formula is C23H21N7O. The average molecular weight is 411 g/mol. The summed E-state index contributed by atoms with van der Waals surface area (Å²) in [6.07, 6.45) is 2.95. The van der Waals surface area contributed by atoms with Crippen LogP contribution in [0.5, 0.6) is 0 Å². The third-order valence-electron chi connectivity index (χ3n) is 5.30. The van der Waals surface area contributed by atoms with E-state index in [-0.39, 0.29) is 11.6 Å². The smallest absolute Gasteiger partial charge is 0.277 e. The van der Waals surface area contributed by atoms with Crippen molar-refractivity contribution >= 4 is 34.3 Å². The van der Waals surface area contributed by atoms with Crippen LogP contribution < -0.4 is 15.1 Å². The SMILES string of the molecule is O=C(Nc1cc(N2CCN(c3ccccc3)CC2)ncn1)c1cnc2ccccc2n1. The summed E-state index contributed by atoms with van der Waals surface area (Å²) in [5.41, 5.74) is 2.90. The number of nitrogens with zero attached hydrogens (tertiary/aromatic N) is 6. The Morgan fingerprint density at radius 1 is 0.806 bits per heavy atom. The quantitative estimate of drug-likeness (QED) is 0.552. The number of rotatable bonds is 4. The van der Waals surface area contributed by atoms with Gasteiger partial charge in [-0.1, -0.05) is 30.3 Å². The standard InChI is InChI=1S/C23H21N7O/c31-23(20-15-24-18-8-4-5-9-19(18)27-20)28-21-14-22(26-16-25-21)30-12-10-29(11-13-30)17-6-2-1-3-7-17/h1-9,14-16H,10-13H2,(H,25,26,28,31). The van der Waals surface area contributed by atoms with E-state index < -0.39 is 0 Å². The molecular weight excluding hydrogens is 390 g/mol. The zero-order chi connectivity index (χ0) is 21.0. The molecule has 0 spiro atoms. The van der Waals surface area contributed by atoms with E-state index in [1.807, 2.05) is 30.3 Å². The van der Waals surface area contributed by atoms with Crippen molar-refractivity contribution < 1.29 is 4.79 Å². The topological polar surface area (TPSA) is 87.1 Å². The molecule has 1 aliphatic heterocycles. The molecule has 31 heavy (non-hydrogen) atoms. The molecule has 0 aliphatic carbocycles. The summed E-state index contributed by atoms with van der Waals surface area (Å²) in [6.45, 7) is 3.50. The summed E-state index contributed by atoms with van der Waals surface area (Å²) in [7, 11) is 0. The van der Waals surface area contributed by atoms with Gasteiger partial charge in [-0.25, -0.2) is 15.0 Å². The van der Waals surface area contributed by atoms with Crippen molar-refractivity contribution in [2.45, 2.75) is 0 Å². The van der Waals surface area contributed by atoms with E-state index in [1.165, 1.54) is 18.2 Å². The van der Waals surface area contributed by atoms with E-state index in [0.29, 0.717) is 11.3 Å². The normalized spacial score (nSPS) is 13.9. The molecule has 2 aromatic heterocycles. The van der Waals surface area contributed by atoms with Crippen LogP contribution in [-0.2, 0) is 0 Å². The largest absolute Gasteiger partial charge is 0.368 e. The van der Waals surface area contributed by atoms with Gasteiger partial charge in [-0.15, -0.1) is 0 Å². The number of hydrogen-bond donors (Lipinski definition) is 1. The number of fused-ring (bicyclic) bond motifs is 1. The lowest BCUT2D eigenvalue weighted by molar-refractivity contribution is 0.102. The summed E-state index contributed by atoms with van der Waals surface area (Å²) in [6, 6.07) is 19.6. The Morgan fingerprint density at radius 2 is 1.52 bits per heavy atom. The third-order valence-corrected chi connectivity index (χ3v) is 5.30. The molecule has 0 atom stereocenters. The Balaban J connectivity index is 1.26. The Morgan fingerprint density at radius 3 is 2.32 bits per heavy atom. The van der Waals surface area contributed by atoms with E-state index in [2.05, 4.69) is 59.3 Å². The zero-order valence-electron chi connectivity index (χ0n) is 16.8. The lowest BCUT2D eigenvalue weighted by atomic mass is 10.2. The molecule has 154 valence electrons. The average Bonchev–Trinajstić information content (AvgIpc) is 2.84. The molecule has 1 aliphatic rings. The first-order valence-electron chi connectivity index (χ1n) is 10.2. The highest BCUT2D eigenvalue weighted by Gasteiger charge is 2.19. The zero-order valence-corrected chi connectivity index (χ0v) is 16.8. The Bertz CT molecular complexity index is 1210. The highest BCUT2D eigenvalue weighted by molar-refractivity contribution is 6.03. The predicted octanol–water partition coefficient (Wildman–Crippen LogP) is 3.00. The minimum absolute atomic E-state index is 0.246. The number of piperazine rings is 1. The maximum absolute atomic E-state index is 12.7. The number of carbonyl (C=O) groups excluding carboxylic acids is 1. The van der Waals surface area contributed by atoms with Gasteiger partial charge in [0.2, 0.25) is 0 Å². The van der Waals surface area contributed by atoms with E-state index in [0.717, 1.165) is 37.5 Å². The monoisotopic (exact) mass is 411 g/mol. The van der Waals surface area contributed by atoms with E-state index in [4.69, 9.17) is 0 Å². The fourth-order valence-corrected chi connectivity index (χ4v) is 3.67. The van der Waals surface area contributed by atoms with Gasteiger partial charge in [-0.2, -0.15) is 0 Å². The van der Waals surface area contributed by atoms with Crippen molar-refractivity contribution in [2.75, 3.05) is 41.3 Å². The van der Waals surface area contributed by atoms with Gasteiger partial charge in [0.05, 0.1) is 17.2 Å². The molecule has 8 nitrogen and oxygen atoms in total. The van der Waals surface area contributed by atoms with Crippen LogP contribution in [0.15, 0.2) is 73.2 Å². The number of nitrogens with one attached hydrogen (secondary N) is 1. The van der Waals surface area contributed by atoms with Crippen LogP contribution in [0, 0.1) is 0 Å². The number of carbonyl (C=O) groups is 1. The van der Waals surface area contributed by atoms with Crippen LogP contribution in [0.1, 0.15) is 10.5 Å². The predicted molar refractivity (Wildman–Crippen MR) is 120 cm³/mol. The van der Waals surface area contributed by atoms with Gasteiger partial charge in [-0.05, 0) is 24.3 Å². The van der Waals surface area contributed by atoms with E-state index in [1.54, 1.807) is 6.07 Å². The van der Waals surface area contributed by atoms with Gasteiger partial charge < -0.3 is 15.1 Å². The number of hydrogen-bond acceptors (Lipinski definition) is 7. The van der Waals surface area contributed by atoms with Crippen LogP contribution in [0.25, 0.3) is 11.0 Å². The van der Waals surface area contributed by atoms with Crippen LogP contribution in [0.3, 0.4) is 0 Å². The highest BCUT2D eigenvalue weighted by atomic mass is 16.1. The molecule has 0 bridgehead atoms. The first-order valence-corrected chi connectivity index (χ1v) is 10.2. The van der Waals surface area contributed by atoms with Crippen molar-refractivity contribution in [1.82, 2.24) is 19.9 Å². The number of anilines is 3. The molecule has 0 unspecified atom stereocenters. The van der Waals surface area contributed by atoms with Gasteiger partial charge in [-0.3, -0.25) is 9.78 Å². The molecule has 0 radical (unpaired) electrons. The lowest BCUT2D eigenvalue weighted by Gasteiger charge is -2.36. The molecule has 1 N–H and O–H groups in total. The summed E-state index contributed by atoms with van der Waals surface area (Å²) < 4.78 is 0. The fraction of sp³-hybridized carbons (Fsp3) is 0.174. The Hall–Kier alpha value is -4.07. The Labute approximate surface area is 179 Å². The van der Waals surface area contributed by atoms with Gasteiger partial charge in [0.15, 0.2) is 0 Å². The third kappa shape index (κ3) is 4.13. The molecule has 3 heterocycles. The van der Waals surface area contributed by atoms with E-state index >= 15 is 0 Å². The maximum atomic E-state index is 12.7. The second-order valence-corrected chi connectivity index (χ2v) is 7.27. The van der Waals surface area contributed by atoms with Crippen molar-refractivity contribution in [1.29, 1.82) is 0 Å². The van der Waals surface area contributed by atoms with Gasteiger partial charge in [0.25, 0.3) is 5.91 Å². The van der Waals surface area contributed by atoms with Crippen molar-refractivity contribution in [3.63, 3.8) is 0 Å². The second kappa shape index (κ2) is 8.35. The minimum atomic E-state index is -0.350. The van der Waals surface area contributed by atoms with Crippen LogP contribution in [-0.4, -0.2) is 52.0 Å². The highest BCUT2D eigenvalue weighted by Crippen LogP contribution is 2.20. The summed E-state index contributed by atoms with van der Waals surface area (Å²) in [5.74, 6) is 0.884. The molecule has 8 heteroatoms. The number of benzene rings is 2. The summed E-state index contributed by atoms with van der Waals surface area (Å²) in [4.78, 5) is 34.5. The van der Waals surface area contributed by atoms with Gasteiger partial charge in [0.1, 0.15) is 23.7 Å².